The van der Waals surface area contributed by atoms with E-state index in [2.05, 4.69) is 15.9 Å². The predicted octanol–water partition coefficient (Wildman–Crippen LogP) is 16.0. The van der Waals surface area contributed by atoms with Crippen molar-refractivity contribution in [1.82, 2.24) is 0 Å². The Morgan fingerprint density at radius 1 is 0.270 bits per heavy atom. The van der Waals surface area contributed by atoms with Crippen molar-refractivity contribution in [3.63, 3.8) is 0 Å². The van der Waals surface area contributed by atoms with Gasteiger partial charge >= 0.3 is 7.12 Å². The van der Waals surface area contributed by atoms with Crippen molar-refractivity contribution in [2.75, 3.05) is 0 Å². The molecule has 0 aliphatic carbocycles. The number of rotatable bonds is 4. The molecule has 0 atom stereocenters. The molecule has 74 heavy (non-hydrogen) atoms. The minimum absolute atomic E-state index is 0.114. The summed E-state index contributed by atoms with van der Waals surface area (Å²) in [5.41, 5.74) is -1.44. The molecule has 0 spiro atoms. The first-order valence-corrected chi connectivity index (χ1v) is 22.0. The van der Waals surface area contributed by atoms with Crippen LogP contribution < -0.4 is 5.46 Å². The molecule has 0 bridgehead atoms. The fraction of sp³-hybridized carbons (Fsp3) is 0.111. The van der Waals surface area contributed by atoms with Crippen LogP contribution in [0, 0.1) is 135 Å². The molecule has 0 saturated heterocycles. The van der Waals surface area contributed by atoms with E-state index in [0.717, 1.165) is 18.2 Å². The standard InChI is InChI=1S/2C14H10F4.C13H8F4.C7H7BF2O2.C6H3BrF2/c2*1-7-3-5-9(13(17)11(7)15)10-6-4-8(2)12(16)14(10)18;1-7-5-6-9(13(17)11(7)15)8-3-2-4-10(14)12(8)16;1-4-2-3-5(8(11)12)7(10)6(4)9;7-4-2-1-3-5(8)6(4)9/h2*3-6H,1-2H3;2-6H,1H3;2-3,11-12H,1H3;1-3H. The van der Waals surface area contributed by atoms with E-state index >= 15 is 0 Å². The molecule has 8 rings (SSSR count). The lowest BCUT2D eigenvalue weighted by Gasteiger charge is -2.09. The maximum absolute atomic E-state index is 13.7. The quantitative estimate of drug-likeness (QED) is 0.105. The van der Waals surface area contributed by atoms with Crippen molar-refractivity contribution in [3.8, 4) is 33.4 Å². The summed E-state index contributed by atoms with van der Waals surface area (Å²) >= 11 is 2.83. The average Bonchev–Trinajstić information content (AvgIpc) is 3.36. The van der Waals surface area contributed by atoms with Gasteiger partial charge in [0.1, 0.15) is 0 Å². The van der Waals surface area contributed by atoms with Gasteiger partial charge in [0.05, 0.1) is 4.47 Å². The van der Waals surface area contributed by atoms with Gasteiger partial charge in [-0.1, -0.05) is 91.0 Å². The van der Waals surface area contributed by atoms with Gasteiger partial charge in [0.2, 0.25) is 0 Å². The summed E-state index contributed by atoms with van der Waals surface area (Å²) < 4.78 is 212. The maximum atomic E-state index is 13.7. The summed E-state index contributed by atoms with van der Waals surface area (Å²) in [5.74, 6) is -17.3. The lowest BCUT2D eigenvalue weighted by atomic mass is 9.79. The monoisotopic (exact) mass is 1110 g/mol. The Morgan fingerprint density at radius 2 is 0.514 bits per heavy atom. The molecule has 8 aromatic rings. The van der Waals surface area contributed by atoms with E-state index in [1.807, 2.05) is 0 Å². The minimum atomic E-state index is -1.97. The second kappa shape index (κ2) is 25.9. The molecule has 0 radical (unpaired) electrons. The van der Waals surface area contributed by atoms with Crippen LogP contribution in [0.1, 0.15) is 33.4 Å². The molecule has 20 heteroatoms. The van der Waals surface area contributed by atoms with Gasteiger partial charge in [-0.3, -0.25) is 0 Å². The highest BCUT2D eigenvalue weighted by Gasteiger charge is 2.22. The molecular weight excluding hydrogens is 1080 g/mol. The van der Waals surface area contributed by atoms with Crippen molar-refractivity contribution < 1.29 is 80.3 Å². The Kier molecular flexibility index (Phi) is 20.8. The van der Waals surface area contributed by atoms with E-state index in [-0.39, 0.29) is 71.2 Å². The lowest BCUT2D eigenvalue weighted by Crippen LogP contribution is -2.33. The summed E-state index contributed by atoms with van der Waals surface area (Å²) in [4.78, 5) is 0. The van der Waals surface area contributed by atoms with Crippen LogP contribution in [0.25, 0.3) is 33.4 Å². The topological polar surface area (TPSA) is 40.5 Å². The number of halogens is 17. The predicted molar refractivity (Wildman–Crippen MR) is 254 cm³/mol. The first-order chi connectivity index (χ1) is 34.6. The van der Waals surface area contributed by atoms with E-state index in [1.165, 1.54) is 133 Å². The van der Waals surface area contributed by atoms with E-state index in [4.69, 9.17) is 10.0 Å². The van der Waals surface area contributed by atoms with Crippen LogP contribution >= 0.6 is 15.9 Å². The number of benzene rings is 8. The van der Waals surface area contributed by atoms with Crippen molar-refractivity contribution in [1.29, 1.82) is 0 Å². The number of aryl methyl sites for hydroxylation is 6. The van der Waals surface area contributed by atoms with Crippen LogP contribution in [0.4, 0.5) is 70.2 Å². The summed E-state index contributed by atoms with van der Waals surface area (Å²) in [5, 5.41) is 17.1. The van der Waals surface area contributed by atoms with E-state index < -0.39 is 106 Å². The SMILES string of the molecule is Cc1ccc(-c2ccc(C)c(F)c2F)c(F)c1F.Cc1ccc(-c2ccc(C)c(F)c2F)c(F)c1F.Cc1ccc(-c2cccc(F)c2F)c(F)c1F.Cc1ccc(B(O)O)c(F)c1F.Fc1cccc(Br)c1F. The molecule has 0 saturated carbocycles. The molecule has 0 unspecified atom stereocenters. The molecule has 0 heterocycles. The van der Waals surface area contributed by atoms with Gasteiger partial charge in [-0.2, -0.15) is 0 Å². The Bertz CT molecular complexity index is 3090. The number of hydrogen-bond acceptors (Lipinski definition) is 2. The first-order valence-electron chi connectivity index (χ1n) is 21.2. The average molecular weight is 1110 g/mol. The van der Waals surface area contributed by atoms with Crippen LogP contribution in [0.5, 0.6) is 0 Å². The van der Waals surface area contributed by atoms with Crippen LogP contribution in [0.15, 0.2) is 114 Å². The van der Waals surface area contributed by atoms with Crippen molar-refractivity contribution >= 4 is 28.5 Å². The fourth-order valence-corrected chi connectivity index (χ4v) is 6.66. The zero-order valence-corrected chi connectivity index (χ0v) is 40.9. The Morgan fingerprint density at radius 3 is 0.784 bits per heavy atom. The van der Waals surface area contributed by atoms with Gasteiger partial charge in [-0.25, -0.2) is 70.2 Å². The summed E-state index contributed by atoms with van der Waals surface area (Å²) in [6, 6.07) is 22.5. The maximum Gasteiger partial charge on any atom is 0.491 e. The Hall–Kier alpha value is -6.90. The summed E-state index contributed by atoms with van der Waals surface area (Å²) in [7, 11) is -1.97. The smallest absolute Gasteiger partial charge is 0.423 e. The van der Waals surface area contributed by atoms with Crippen molar-refractivity contribution in [2.45, 2.75) is 41.5 Å². The fourth-order valence-electron chi connectivity index (χ4n) is 6.32. The van der Waals surface area contributed by atoms with Crippen LogP contribution in [0.2, 0.25) is 0 Å². The third-order valence-corrected chi connectivity index (χ3v) is 11.3. The van der Waals surface area contributed by atoms with Gasteiger partial charge in [-0.05, 0) is 109 Å². The van der Waals surface area contributed by atoms with Gasteiger partial charge in [0.25, 0.3) is 0 Å². The normalized spacial score (nSPS) is 10.5. The zero-order valence-electron chi connectivity index (χ0n) is 39.3. The summed E-state index contributed by atoms with van der Waals surface area (Å²) in [6.07, 6.45) is 0. The Balaban J connectivity index is 0.000000204. The van der Waals surface area contributed by atoms with Crippen molar-refractivity contribution in [2.24, 2.45) is 0 Å². The third kappa shape index (κ3) is 13.8. The van der Waals surface area contributed by atoms with E-state index in [9.17, 15) is 70.2 Å². The van der Waals surface area contributed by atoms with E-state index in [0.29, 0.717) is 0 Å². The second-order valence-electron chi connectivity index (χ2n) is 15.9. The molecule has 0 fully saturated rings. The van der Waals surface area contributed by atoms with Crippen molar-refractivity contribution in [3.05, 3.63) is 240 Å². The number of hydrogen-bond donors (Lipinski definition) is 2. The lowest BCUT2D eigenvalue weighted by molar-refractivity contribution is 0.420. The first kappa shape index (κ1) is 59.7. The molecule has 2 nitrogen and oxygen atoms in total. The molecule has 0 aliphatic heterocycles. The molecule has 388 valence electrons. The zero-order chi connectivity index (χ0) is 55.6. The molecule has 2 N–H and O–H groups in total. The minimum Gasteiger partial charge on any atom is -0.423 e. The van der Waals surface area contributed by atoms with Gasteiger partial charge in [0, 0.05) is 38.8 Å². The van der Waals surface area contributed by atoms with E-state index in [1.54, 1.807) is 0 Å². The molecule has 0 aliphatic rings. The summed E-state index contributed by atoms with van der Waals surface area (Å²) in [6.45, 7) is 8.38. The molecule has 0 amide bonds. The second-order valence-corrected chi connectivity index (χ2v) is 16.8. The Labute approximate surface area is 422 Å². The highest BCUT2D eigenvalue weighted by atomic mass is 79.9. The van der Waals surface area contributed by atoms with Crippen LogP contribution in [-0.2, 0) is 0 Å². The third-order valence-electron chi connectivity index (χ3n) is 10.7. The highest BCUT2D eigenvalue weighted by molar-refractivity contribution is 9.10. The van der Waals surface area contributed by atoms with Gasteiger partial charge < -0.3 is 10.0 Å². The van der Waals surface area contributed by atoms with Gasteiger partial charge in [0.15, 0.2) is 93.1 Å². The molecule has 8 aromatic carbocycles. The van der Waals surface area contributed by atoms with Crippen LogP contribution in [-0.4, -0.2) is 17.2 Å². The highest BCUT2D eigenvalue weighted by Crippen LogP contribution is 2.33. The molecular formula is C54H38BBrF16O2. The largest absolute Gasteiger partial charge is 0.491 e. The molecule has 0 aromatic heterocycles. The van der Waals surface area contributed by atoms with Gasteiger partial charge in [-0.15, -0.1) is 0 Å². The van der Waals surface area contributed by atoms with Crippen LogP contribution in [0.3, 0.4) is 0 Å².